The van der Waals surface area contributed by atoms with Gasteiger partial charge in [0, 0.05) is 13.2 Å². The lowest BCUT2D eigenvalue weighted by atomic mass is 10.3. The summed E-state index contributed by atoms with van der Waals surface area (Å²) in [6.45, 7) is 0. The van der Waals surface area contributed by atoms with Gasteiger partial charge in [-0.2, -0.15) is 0 Å². The second-order valence-corrected chi connectivity index (χ2v) is 7.56. The van der Waals surface area contributed by atoms with Crippen molar-refractivity contribution in [1.29, 1.82) is 0 Å². The molecule has 0 bridgehead atoms. The summed E-state index contributed by atoms with van der Waals surface area (Å²) in [5, 5.41) is 1.37. The number of hydrogen-bond donors (Lipinski definition) is 0. The summed E-state index contributed by atoms with van der Waals surface area (Å²) in [7, 11) is 0. The monoisotopic (exact) mass is 432 g/mol. The number of rotatable bonds is 1. The summed E-state index contributed by atoms with van der Waals surface area (Å²) in [5.74, 6) is 0. The molecule has 0 N–H and O–H groups in total. The number of hydrogen-bond acceptors (Lipinski definition) is 2. The van der Waals surface area contributed by atoms with Crippen LogP contribution in [0.25, 0.3) is 10.1 Å². The van der Waals surface area contributed by atoms with Crippen LogP contribution in [-0.2, 0) is 0 Å². The van der Waals surface area contributed by atoms with E-state index in [-0.39, 0.29) is 0 Å². The third-order valence-corrected chi connectivity index (χ3v) is 5.66. The van der Waals surface area contributed by atoms with Crippen LogP contribution < -0.4 is 0 Å². The molecular weight excluding hydrogens is 426 g/mol. The van der Waals surface area contributed by atoms with E-state index in [0.29, 0.717) is 0 Å². The molecule has 1 aromatic carbocycles. The predicted octanol–water partition coefficient (Wildman–Crippen LogP) is 4.83. The molecule has 2 rings (SSSR count). The minimum Gasteiger partial charge on any atom is -0.129 e. The molecular formula is C9H6I2S2. The third kappa shape index (κ3) is 2.15. The molecule has 1 heterocycles. The van der Waals surface area contributed by atoms with Crippen LogP contribution in [0.15, 0.2) is 23.1 Å². The van der Waals surface area contributed by atoms with Gasteiger partial charge in [0.1, 0.15) is 0 Å². The van der Waals surface area contributed by atoms with Crippen molar-refractivity contribution in [3.63, 3.8) is 0 Å². The predicted molar refractivity (Wildman–Crippen MR) is 79.0 cm³/mol. The van der Waals surface area contributed by atoms with Gasteiger partial charge in [-0.3, -0.25) is 0 Å². The van der Waals surface area contributed by atoms with Crippen LogP contribution in [0.5, 0.6) is 0 Å². The second-order valence-electron chi connectivity index (χ2n) is 2.58. The highest BCUT2D eigenvalue weighted by Gasteiger charge is 2.04. The van der Waals surface area contributed by atoms with Crippen LogP contribution >= 0.6 is 68.3 Å². The maximum Gasteiger partial charge on any atom is 0.0666 e. The molecule has 4 heteroatoms. The Labute approximate surface area is 113 Å². The minimum absolute atomic E-state index is 1.36. The van der Waals surface area contributed by atoms with Gasteiger partial charge in [-0.15, -0.1) is 23.1 Å². The molecule has 13 heavy (non-hydrogen) atoms. The molecule has 1 aromatic heterocycles. The van der Waals surface area contributed by atoms with E-state index in [1.165, 1.54) is 21.4 Å². The van der Waals surface area contributed by atoms with Crippen molar-refractivity contribution in [2.45, 2.75) is 4.90 Å². The zero-order valence-corrected chi connectivity index (χ0v) is 12.8. The van der Waals surface area contributed by atoms with Crippen LogP contribution in [0, 0.1) is 6.45 Å². The van der Waals surface area contributed by atoms with Gasteiger partial charge in [0.2, 0.25) is 0 Å². The number of thiophene rings is 1. The maximum atomic E-state index is 2.40. The average Bonchev–Trinajstić information content (AvgIpc) is 2.42. The first-order chi connectivity index (χ1) is 6.20. The first-order valence-corrected chi connectivity index (χ1v) is 7.83. The lowest BCUT2D eigenvalue weighted by Crippen LogP contribution is -1.76. The van der Waals surface area contributed by atoms with Crippen molar-refractivity contribution in [2.24, 2.45) is 0 Å². The van der Waals surface area contributed by atoms with E-state index in [1.807, 2.05) is 23.1 Å². The minimum atomic E-state index is 1.36. The van der Waals surface area contributed by atoms with E-state index >= 15 is 0 Å². The summed E-state index contributed by atoms with van der Waals surface area (Å²) in [4.78, 5) is 1.38. The third-order valence-electron chi connectivity index (χ3n) is 1.76. The zero-order valence-electron chi connectivity index (χ0n) is 6.80. The van der Waals surface area contributed by atoms with Gasteiger partial charge in [-0.05, 0) is 75.0 Å². The summed E-state index contributed by atoms with van der Waals surface area (Å²) >= 11 is 8.45. The molecule has 0 aliphatic rings. The van der Waals surface area contributed by atoms with Crippen LogP contribution in [0.1, 0.15) is 0 Å². The molecule has 68 valence electrons. The van der Waals surface area contributed by atoms with Gasteiger partial charge in [-0.25, -0.2) is 0 Å². The van der Waals surface area contributed by atoms with Gasteiger partial charge < -0.3 is 0 Å². The van der Waals surface area contributed by atoms with E-state index in [2.05, 4.69) is 69.6 Å². The molecule has 2 aromatic rings. The number of benzene rings is 1. The fraction of sp³-hybridized carbons (Fsp3) is 0.111. The quantitative estimate of drug-likeness (QED) is 0.460. The Morgan fingerprint density at radius 3 is 2.69 bits per heavy atom. The first kappa shape index (κ1) is 10.5. The number of halogens is 2. The summed E-state index contributed by atoms with van der Waals surface area (Å²) in [6.07, 6.45) is 2.13. The fourth-order valence-corrected chi connectivity index (χ4v) is 4.86. The van der Waals surface area contributed by atoms with Gasteiger partial charge in [0.15, 0.2) is 0 Å². The van der Waals surface area contributed by atoms with E-state index in [1.54, 1.807) is 0 Å². The Hall–Kier alpha value is 0.990. The van der Waals surface area contributed by atoms with Crippen molar-refractivity contribution in [2.75, 3.05) is 6.26 Å². The van der Waals surface area contributed by atoms with Crippen molar-refractivity contribution in [3.05, 3.63) is 24.7 Å². The van der Waals surface area contributed by atoms with Crippen LogP contribution in [0.4, 0.5) is 0 Å². The van der Waals surface area contributed by atoms with Gasteiger partial charge in [0.05, 0.1) is 2.88 Å². The summed E-state index contributed by atoms with van der Waals surface area (Å²) < 4.78 is 4.11. The molecule has 0 unspecified atom stereocenters. The van der Waals surface area contributed by atoms with E-state index in [9.17, 15) is 0 Å². The fourth-order valence-electron chi connectivity index (χ4n) is 1.17. The molecule has 0 nitrogen and oxygen atoms in total. The Bertz CT molecular complexity index is 448. The highest BCUT2D eigenvalue weighted by atomic mass is 127. The second kappa shape index (κ2) is 4.24. The molecule has 0 saturated carbocycles. The van der Waals surface area contributed by atoms with Gasteiger partial charge in [0.25, 0.3) is 0 Å². The summed E-state index contributed by atoms with van der Waals surface area (Å²) in [6, 6.07) is 6.80. The average molecular weight is 432 g/mol. The summed E-state index contributed by atoms with van der Waals surface area (Å²) in [5.41, 5.74) is 0. The molecule has 0 atom stereocenters. The molecule has 0 fully saturated rings. The maximum absolute atomic E-state index is 2.40. The normalized spacial score (nSPS) is 11.0. The standard InChI is InChI=1S/C9H6I2S2/c1-12-8-2-5-3-9(11)13-7(5)4-6(8)10/h2-4H,1H3. The largest absolute Gasteiger partial charge is 0.129 e. The van der Waals surface area contributed by atoms with Gasteiger partial charge >= 0.3 is 0 Å². The molecule has 0 spiro atoms. The van der Waals surface area contributed by atoms with Crippen LogP contribution in [-0.4, -0.2) is 6.26 Å². The Morgan fingerprint density at radius 2 is 2.00 bits per heavy atom. The van der Waals surface area contributed by atoms with Gasteiger partial charge in [-0.1, -0.05) is 0 Å². The molecule has 0 radical (unpaired) electrons. The Kier molecular flexibility index (Phi) is 3.43. The zero-order chi connectivity index (χ0) is 9.42. The van der Waals surface area contributed by atoms with Crippen molar-refractivity contribution in [1.82, 2.24) is 0 Å². The Morgan fingerprint density at radius 1 is 1.23 bits per heavy atom. The van der Waals surface area contributed by atoms with E-state index < -0.39 is 0 Å². The van der Waals surface area contributed by atoms with Crippen molar-refractivity contribution in [3.8, 4) is 0 Å². The van der Waals surface area contributed by atoms with Crippen LogP contribution in [0.2, 0.25) is 0 Å². The highest BCUT2D eigenvalue weighted by molar-refractivity contribution is 14.1. The van der Waals surface area contributed by atoms with Crippen LogP contribution in [0.3, 0.4) is 0 Å². The lowest BCUT2D eigenvalue weighted by Gasteiger charge is -1.99. The SMILES string of the molecule is CSc1cc2cc(I)sc2cc1I. The number of thioether (sulfide) groups is 1. The molecule has 0 amide bonds. The van der Waals surface area contributed by atoms with E-state index in [0.717, 1.165) is 0 Å². The highest BCUT2D eigenvalue weighted by Crippen LogP contribution is 2.33. The molecule has 0 aliphatic carbocycles. The van der Waals surface area contributed by atoms with Crippen molar-refractivity contribution < 1.29 is 0 Å². The topological polar surface area (TPSA) is 0 Å². The number of fused-ring (bicyclic) bond motifs is 1. The smallest absolute Gasteiger partial charge is 0.0666 e. The Balaban J connectivity index is 2.72. The molecule has 0 saturated heterocycles. The first-order valence-electron chi connectivity index (χ1n) is 3.63. The van der Waals surface area contributed by atoms with Crippen molar-refractivity contribution >= 4 is 78.4 Å². The lowest BCUT2D eigenvalue weighted by molar-refractivity contribution is 1.46. The van der Waals surface area contributed by atoms with E-state index in [4.69, 9.17) is 0 Å². The molecule has 0 aliphatic heterocycles.